The minimum Gasteiger partial charge on any atom is -0.497 e. The van der Waals surface area contributed by atoms with Crippen molar-refractivity contribution in [1.29, 1.82) is 0 Å². The third-order valence-electron chi connectivity index (χ3n) is 4.28. The van der Waals surface area contributed by atoms with Crippen LogP contribution in [0.1, 0.15) is 45.2 Å². The van der Waals surface area contributed by atoms with Crippen LogP contribution in [0.5, 0.6) is 11.5 Å². The summed E-state index contributed by atoms with van der Waals surface area (Å²) in [4.78, 5) is 12.9. The second-order valence-corrected chi connectivity index (χ2v) is 7.37. The number of amides is 1. The standard InChI is InChI=1S/C22H28ClNO3/c1-5-21(27-19-8-6-7-17(23)14-19)22(25)24-20(13-15(2)3)16-9-11-18(26-4)12-10-16/h6-12,14-15,20-21H,5,13H2,1-4H3,(H,24,25)/t20-,21-/m1/s1. The molecule has 0 saturated heterocycles. The molecule has 1 amide bonds. The first-order valence-electron chi connectivity index (χ1n) is 9.29. The second kappa shape index (κ2) is 10.2. The Bertz CT molecular complexity index is 731. The number of halogens is 1. The fraction of sp³-hybridized carbons (Fsp3) is 0.409. The van der Waals surface area contributed by atoms with E-state index in [2.05, 4.69) is 19.2 Å². The van der Waals surface area contributed by atoms with Crippen LogP contribution in [0.3, 0.4) is 0 Å². The van der Waals surface area contributed by atoms with Crippen LogP contribution in [0.2, 0.25) is 5.02 Å². The van der Waals surface area contributed by atoms with Crippen molar-refractivity contribution < 1.29 is 14.3 Å². The minimum absolute atomic E-state index is 0.0829. The maximum Gasteiger partial charge on any atom is 0.261 e. The predicted octanol–water partition coefficient (Wildman–Crippen LogP) is 5.41. The van der Waals surface area contributed by atoms with Gasteiger partial charge in [-0.3, -0.25) is 4.79 Å². The number of nitrogens with one attached hydrogen (secondary N) is 1. The summed E-state index contributed by atoms with van der Waals surface area (Å²) < 4.78 is 11.1. The average Bonchev–Trinajstić information content (AvgIpc) is 2.65. The molecule has 0 aromatic heterocycles. The molecular weight excluding hydrogens is 362 g/mol. The highest BCUT2D eigenvalue weighted by Gasteiger charge is 2.23. The fourth-order valence-electron chi connectivity index (χ4n) is 2.88. The van der Waals surface area contributed by atoms with Crippen molar-refractivity contribution in [3.05, 3.63) is 59.1 Å². The molecule has 0 unspecified atom stereocenters. The van der Waals surface area contributed by atoms with Gasteiger partial charge in [0.25, 0.3) is 5.91 Å². The fourth-order valence-corrected chi connectivity index (χ4v) is 3.06. The van der Waals surface area contributed by atoms with Crippen LogP contribution in [-0.2, 0) is 4.79 Å². The van der Waals surface area contributed by atoms with Gasteiger partial charge in [-0.15, -0.1) is 0 Å². The predicted molar refractivity (Wildman–Crippen MR) is 109 cm³/mol. The highest BCUT2D eigenvalue weighted by Crippen LogP contribution is 2.25. The van der Waals surface area contributed by atoms with E-state index in [1.807, 2.05) is 31.2 Å². The van der Waals surface area contributed by atoms with Crippen molar-refractivity contribution in [3.8, 4) is 11.5 Å². The van der Waals surface area contributed by atoms with Crippen molar-refractivity contribution in [3.63, 3.8) is 0 Å². The molecule has 0 aliphatic heterocycles. The molecule has 0 fully saturated rings. The van der Waals surface area contributed by atoms with Gasteiger partial charge in [0, 0.05) is 5.02 Å². The van der Waals surface area contributed by atoms with Gasteiger partial charge in [-0.2, -0.15) is 0 Å². The quantitative estimate of drug-likeness (QED) is 0.623. The Hall–Kier alpha value is -2.20. The van der Waals surface area contributed by atoms with E-state index >= 15 is 0 Å². The number of benzene rings is 2. The molecule has 0 bridgehead atoms. The number of carbonyl (C=O) groups excluding carboxylic acids is 1. The normalized spacial score (nSPS) is 13.1. The van der Waals surface area contributed by atoms with E-state index in [-0.39, 0.29) is 11.9 Å². The van der Waals surface area contributed by atoms with Gasteiger partial charge in [0.15, 0.2) is 6.10 Å². The van der Waals surface area contributed by atoms with Gasteiger partial charge in [-0.05, 0) is 54.7 Å². The van der Waals surface area contributed by atoms with Crippen LogP contribution < -0.4 is 14.8 Å². The van der Waals surface area contributed by atoms with Crippen LogP contribution >= 0.6 is 11.6 Å². The van der Waals surface area contributed by atoms with Crippen molar-refractivity contribution >= 4 is 17.5 Å². The van der Waals surface area contributed by atoms with E-state index in [4.69, 9.17) is 21.1 Å². The van der Waals surface area contributed by atoms with E-state index in [0.717, 1.165) is 17.7 Å². The molecule has 0 aliphatic carbocycles. The van der Waals surface area contributed by atoms with Crippen LogP contribution in [0.25, 0.3) is 0 Å². The molecule has 146 valence electrons. The molecule has 2 aromatic rings. The Labute approximate surface area is 166 Å². The van der Waals surface area contributed by atoms with Crippen molar-refractivity contribution in [2.75, 3.05) is 7.11 Å². The first-order chi connectivity index (χ1) is 12.9. The summed E-state index contributed by atoms with van der Waals surface area (Å²) in [6, 6.07) is 14.8. The Kier molecular flexibility index (Phi) is 7.99. The molecule has 27 heavy (non-hydrogen) atoms. The third kappa shape index (κ3) is 6.47. The van der Waals surface area contributed by atoms with E-state index in [1.165, 1.54) is 0 Å². The summed E-state index contributed by atoms with van der Waals surface area (Å²) in [6.45, 7) is 6.21. The Morgan fingerprint density at radius 2 is 1.81 bits per heavy atom. The molecule has 0 radical (unpaired) electrons. The average molecular weight is 390 g/mol. The van der Waals surface area contributed by atoms with Gasteiger partial charge >= 0.3 is 0 Å². The topological polar surface area (TPSA) is 47.6 Å². The van der Waals surface area contributed by atoms with Crippen LogP contribution in [0.15, 0.2) is 48.5 Å². The lowest BCUT2D eigenvalue weighted by molar-refractivity contribution is -0.129. The van der Waals surface area contributed by atoms with Crippen LogP contribution in [-0.4, -0.2) is 19.1 Å². The monoisotopic (exact) mass is 389 g/mol. The zero-order valence-electron chi connectivity index (χ0n) is 16.4. The number of ether oxygens (including phenoxy) is 2. The van der Waals surface area contributed by atoms with Gasteiger partial charge in [-0.1, -0.05) is 50.6 Å². The highest BCUT2D eigenvalue weighted by molar-refractivity contribution is 6.30. The zero-order valence-corrected chi connectivity index (χ0v) is 17.1. The lowest BCUT2D eigenvalue weighted by Crippen LogP contribution is -2.40. The zero-order chi connectivity index (χ0) is 19.8. The molecule has 0 spiro atoms. The van der Waals surface area contributed by atoms with Gasteiger partial charge in [0.1, 0.15) is 11.5 Å². The van der Waals surface area contributed by atoms with E-state index in [1.54, 1.807) is 31.4 Å². The largest absolute Gasteiger partial charge is 0.497 e. The van der Waals surface area contributed by atoms with Crippen LogP contribution in [0.4, 0.5) is 0 Å². The number of hydrogen-bond acceptors (Lipinski definition) is 3. The third-order valence-corrected chi connectivity index (χ3v) is 4.51. The minimum atomic E-state index is -0.573. The van der Waals surface area contributed by atoms with E-state index in [9.17, 15) is 4.79 Å². The smallest absolute Gasteiger partial charge is 0.261 e. The van der Waals surface area contributed by atoms with Gasteiger partial charge in [0.2, 0.25) is 0 Å². The Balaban J connectivity index is 2.12. The SMILES string of the molecule is CC[C@@H](Oc1cccc(Cl)c1)C(=O)N[C@H](CC(C)C)c1ccc(OC)cc1. The summed E-state index contributed by atoms with van der Waals surface area (Å²) in [5.74, 6) is 1.70. The number of hydrogen-bond donors (Lipinski definition) is 1. The Morgan fingerprint density at radius 1 is 1.11 bits per heavy atom. The molecule has 2 rings (SSSR count). The maximum absolute atomic E-state index is 12.9. The summed E-state index contributed by atoms with van der Waals surface area (Å²) in [6.07, 6.45) is 0.831. The maximum atomic E-state index is 12.9. The number of carbonyl (C=O) groups is 1. The van der Waals surface area contributed by atoms with Gasteiger partial charge < -0.3 is 14.8 Å². The van der Waals surface area contributed by atoms with Crippen molar-refractivity contribution in [1.82, 2.24) is 5.32 Å². The second-order valence-electron chi connectivity index (χ2n) is 6.94. The molecule has 0 saturated carbocycles. The summed E-state index contributed by atoms with van der Waals surface area (Å²) in [5.41, 5.74) is 1.05. The van der Waals surface area contributed by atoms with Crippen molar-refractivity contribution in [2.24, 2.45) is 5.92 Å². The molecule has 5 heteroatoms. The first kappa shape index (κ1) is 21.1. The van der Waals surface area contributed by atoms with E-state index < -0.39 is 6.10 Å². The van der Waals surface area contributed by atoms with Gasteiger partial charge in [-0.25, -0.2) is 0 Å². The molecule has 0 aliphatic rings. The van der Waals surface area contributed by atoms with Crippen LogP contribution in [0, 0.1) is 5.92 Å². The lowest BCUT2D eigenvalue weighted by atomic mass is 9.96. The molecule has 0 heterocycles. The number of rotatable bonds is 9. The summed E-state index contributed by atoms with van der Waals surface area (Å²) in [7, 11) is 1.64. The molecule has 2 atom stereocenters. The lowest BCUT2D eigenvalue weighted by Gasteiger charge is -2.24. The Morgan fingerprint density at radius 3 is 2.37 bits per heavy atom. The number of methoxy groups -OCH3 is 1. The summed E-state index contributed by atoms with van der Waals surface area (Å²) in [5, 5.41) is 3.73. The molecule has 1 N–H and O–H groups in total. The van der Waals surface area contributed by atoms with E-state index in [0.29, 0.717) is 23.1 Å². The summed E-state index contributed by atoms with van der Waals surface area (Å²) >= 11 is 6.01. The molecule has 4 nitrogen and oxygen atoms in total. The van der Waals surface area contributed by atoms with Gasteiger partial charge in [0.05, 0.1) is 13.2 Å². The molecule has 2 aromatic carbocycles. The molecular formula is C22H28ClNO3. The van der Waals surface area contributed by atoms with Crippen molar-refractivity contribution in [2.45, 2.75) is 45.8 Å². The first-order valence-corrected chi connectivity index (χ1v) is 9.67. The highest BCUT2D eigenvalue weighted by atomic mass is 35.5.